The highest BCUT2D eigenvalue weighted by atomic mass is 79.9. The summed E-state index contributed by atoms with van der Waals surface area (Å²) in [6, 6.07) is 16.0. The first-order valence-electron chi connectivity index (χ1n) is 6.49. The number of benzene rings is 2. The van der Waals surface area contributed by atoms with Crippen LogP contribution in [-0.4, -0.2) is 20.0 Å². The summed E-state index contributed by atoms with van der Waals surface area (Å²) < 4.78 is 2.12. The van der Waals surface area contributed by atoms with Crippen molar-refractivity contribution in [3.8, 4) is 5.69 Å². The molecular weight excluding hydrogens is 316 g/mol. The zero-order valence-electron chi connectivity index (χ0n) is 11.1. The highest BCUT2D eigenvalue weighted by Crippen LogP contribution is 2.23. The molecule has 102 valence electrons. The maximum atomic E-state index is 9.81. The van der Waals surface area contributed by atoms with E-state index in [-0.39, 0.29) is 0 Å². The Hall–Kier alpha value is -1.65. The summed E-state index contributed by atoms with van der Waals surface area (Å²) >= 11 is 3.29. The van der Waals surface area contributed by atoms with Crippen molar-refractivity contribution in [2.45, 2.75) is 13.0 Å². The molecule has 1 heterocycles. The Labute approximate surface area is 126 Å². The Morgan fingerprint density at radius 3 is 2.55 bits per heavy atom. The third-order valence-corrected chi connectivity index (χ3v) is 4.02. The first-order valence-corrected chi connectivity index (χ1v) is 7.61. The van der Waals surface area contributed by atoms with Crippen LogP contribution in [0.25, 0.3) is 16.7 Å². The Balaban J connectivity index is 2.09. The fourth-order valence-corrected chi connectivity index (χ4v) is 2.78. The SMILES string of the molecule is Cc1nc2ccccc2n1-c1ccc(C(O)CBr)cc1. The van der Waals surface area contributed by atoms with E-state index in [0.29, 0.717) is 5.33 Å². The predicted molar refractivity (Wildman–Crippen MR) is 84.6 cm³/mol. The lowest BCUT2D eigenvalue weighted by molar-refractivity contribution is 0.205. The summed E-state index contributed by atoms with van der Waals surface area (Å²) in [6.45, 7) is 2.00. The normalized spacial score (nSPS) is 12.8. The van der Waals surface area contributed by atoms with E-state index in [4.69, 9.17) is 0 Å². The van der Waals surface area contributed by atoms with E-state index in [9.17, 15) is 5.11 Å². The van der Waals surface area contributed by atoms with Gasteiger partial charge in [0.15, 0.2) is 0 Å². The van der Waals surface area contributed by atoms with Gasteiger partial charge < -0.3 is 5.11 Å². The van der Waals surface area contributed by atoms with Gasteiger partial charge in [0.2, 0.25) is 0 Å². The molecule has 3 aromatic rings. The minimum atomic E-state index is -0.468. The number of rotatable bonds is 3. The number of hydrogen-bond acceptors (Lipinski definition) is 2. The number of fused-ring (bicyclic) bond motifs is 1. The van der Waals surface area contributed by atoms with E-state index in [1.807, 2.05) is 49.4 Å². The molecule has 1 unspecified atom stereocenters. The molecule has 3 rings (SSSR count). The molecule has 0 amide bonds. The number of aromatic nitrogens is 2. The summed E-state index contributed by atoms with van der Waals surface area (Å²) in [5.41, 5.74) is 4.06. The van der Waals surface area contributed by atoms with Crippen molar-refractivity contribution in [3.05, 3.63) is 59.9 Å². The van der Waals surface area contributed by atoms with Gasteiger partial charge in [-0.3, -0.25) is 4.57 Å². The van der Waals surface area contributed by atoms with Crippen LogP contribution in [0.2, 0.25) is 0 Å². The topological polar surface area (TPSA) is 38.0 Å². The smallest absolute Gasteiger partial charge is 0.111 e. The van der Waals surface area contributed by atoms with Crippen LogP contribution >= 0.6 is 15.9 Å². The minimum Gasteiger partial charge on any atom is -0.388 e. The second-order valence-corrected chi connectivity index (χ2v) is 5.39. The lowest BCUT2D eigenvalue weighted by atomic mass is 10.1. The van der Waals surface area contributed by atoms with Gasteiger partial charge in [-0.2, -0.15) is 0 Å². The maximum Gasteiger partial charge on any atom is 0.111 e. The minimum absolute atomic E-state index is 0.468. The van der Waals surface area contributed by atoms with Gasteiger partial charge in [-0.25, -0.2) is 4.98 Å². The van der Waals surface area contributed by atoms with Crippen molar-refractivity contribution in [2.75, 3.05) is 5.33 Å². The van der Waals surface area contributed by atoms with Crippen molar-refractivity contribution in [3.63, 3.8) is 0 Å². The van der Waals surface area contributed by atoms with E-state index in [1.54, 1.807) is 0 Å². The van der Waals surface area contributed by atoms with Gasteiger partial charge in [-0.15, -0.1) is 0 Å². The highest BCUT2D eigenvalue weighted by molar-refractivity contribution is 9.09. The molecule has 1 atom stereocenters. The van der Waals surface area contributed by atoms with Crippen molar-refractivity contribution >= 4 is 27.0 Å². The average Bonchev–Trinajstić information content (AvgIpc) is 2.82. The van der Waals surface area contributed by atoms with Crippen molar-refractivity contribution in [1.82, 2.24) is 9.55 Å². The lowest BCUT2D eigenvalue weighted by Gasteiger charge is -2.10. The summed E-state index contributed by atoms with van der Waals surface area (Å²) in [5.74, 6) is 0.958. The molecule has 0 fully saturated rings. The van der Waals surface area contributed by atoms with Crippen LogP contribution in [-0.2, 0) is 0 Å². The molecule has 0 spiro atoms. The third kappa shape index (κ3) is 2.25. The van der Waals surface area contributed by atoms with Crippen molar-refractivity contribution < 1.29 is 5.11 Å². The number of hydrogen-bond donors (Lipinski definition) is 1. The second kappa shape index (κ2) is 5.38. The predicted octanol–water partition coefficient (Wildman–Crippen LogP) is 3.76. The Bertz CT molecular complexity index is 734. The molecule has 1 aromatic heterocycles. The van der Waals surface area contributed by atoms with Crippen LogP contribution < -0.4 is 0 Å². The number of aliphatic hydroxyl groups excluding tert-OH is 1. The highest BCUT2D eigenvalue weighted by Gasteiger charge is 2.10. The van der Waals surface area contributed by atoms with E-state index in [0.717, 1.165) is 28.1 Å². The second-order valence-electron chi connectivity index (χ2n) is 4.74. The zero-order valence-corrected chi connectivity index (χ0v) is 12.7. The van der Waals surface area contributed by atoms with Gasteiger partial charge in [-0.05, 0) is 36.8 Å². The number of imidazole rings is 1. The van der Waals surface area contributed by atoms with Gasteiger partial charge in [0, 0.05) is 11.0 Å². The van der Waals surface area contributed by atoms with Crippen molar-refractivity contribution in [2.24, 2.45) is 0 Å². The molecule has 1 N–H and O–H groups in total. The fourth-order valence-electron chi connectivity index (χ4n) is 2.41. The molecule has 0 aliphatic heterocycles. The van der Waals surface area contributed by atoms with E-state index < -0.39 is 6.10 Å². The molecule has 3 nitrogen and oxygen atoms in total. The molecule has 0 saturated heterocycles. The van der Waals surface area contributed by atoms with E-state index >= 15 is 0 Å². The van der Waals surface area contributed by atoms with Crippen molar-refractivity contribution in [1.29, 1.82) is 0 Å². The molecule has 0 aliphatic carbocycles. The molecule has 0 radical (unpaired) electrons. The Morgan fingerprint density at radius 2 is 1.85 bits per heavy atom. The van der Waals surface area contributed by atoms with Crippen LogP contribution in [0.5, 0.6) is 0 Å². The standard InChI is InChI=1S/C16H15BrN2O/c1-11-18-14-4-2-3-5-15(14)19(11)13-8-6-12(7-9-13)16(20)10-17/h2-9,16,20H,10H2,1H3. The largest absolute Gasteiger partial charge is 0.388 e. The average molecular weight is 331 g/mol. The Kier molecular flexibility index (Phi) is 3.59. The molecule has 2 aromatic carbocycles. The molecular formula is C16H15BrN2O. The number of aryl methyl sites for hydroxylation is 1. The summed E-state index contributed by atoms with van der Waals surface area (Å²) in [7, 11) is 0. The third-order valence-electron chi connectivity index (χ3n) is 3.41. The van der Waals surface area contributed by atoms with Crippen LogP contribution in [0.1, 0.15) is 17.5 Å². The molecule has 0 saturated carbocycles. The number of nitrogens with zero attached hydrogens (tertiary/aromatic N) is 2. The number of para-hydroxylation sites is 2. The summed E-state index contributed by atoms with van der Waals surface area (Å²) in [4.78, 5) is 4.57. The van der Waals surface area contributed by atoms with E-state index in [1.165, 1.54) is 0 Å². The first kappa shape index (κ1) is 13.3. The number of halogens is 1. The van der Waals surface area contributed by atoms with Crippen LogP contribution in [0.3, 0.4) is 0 Å². The van der Waals surface area contributed by atoms with Crippen LogP contribution in [0.4, 0.5) is 0 Å². The maximum absolute atomic E-state index is 9.81. The quantitative estimate of drug-likeness (QED) is 0.742. The molecule has 0 aliphatic rings. The molecule has 0 bridgehead atoms. The van der Waals surface area contributed by atoms with Crippen LogP contribution in [0, 0.1) is 6.92 Å². The van der Waals surface area contributed by atoms with Gasteiger partial charge in [0.1, 0.15) is 5.82 Å². The summed E-state index contributed by atoms with van der Waals surface area (Å²) in [6.07, 6.45) is -0.468. The monoisotopic (exact) mass is 330 g/mol. The van der Waals surface area contributed by atoms with E-state index in [2.05, 4.69) is 31.5 Å². The lowest BCUT2D eigenvalue weighted by Crippen LogP contribution is -2.00. The molecule has 20 heavy (non-hydrogen) atoms. The Morgan fingerprint density at radius 1 is 1.15 bits per heavy atom. The summed E-state index contributed by atoms with van der Waals surface area (Å²) in [5, 5.41) is 10.4. The van der Waals surface area contributed by atoms with Gasteiger partial charge >= 0.3 is 0 Å². The number of aliphatic hydroxyl groups is 1. The molecule has 4 heteroatoms. The number of alkyl halides is 1. The van der Waals surface area contributed by atoms with Gasteiger partial charge in [-0.1, -0.05) is 40.2 Å². The zero-order chi connectivity index (χ0) is 14.1. The van der Waals surface area contributed by atoms with Gasteiger partial charge in [0.05, 0.1) is 17.1 Å². The fraction of sp³-hybridized carbons (Fsp3) is 0.188. The van der Waals surface area contributed by atoms with Crippen LogP contribution in [0.15, 0.2) is 48.5 Å². The van der Waals surface area contributed by atoms with Gasteiger partial charge in [0.25, 0.3) is 0 Å². The first-order chi connectivity index (χ1) is 9.70.